The maximum absolute atomic E-state index is 13.6. The van der Waals surface area contributed by atoms with Gasteiger partial charge in [0, 0.05) is 51.3 Å². The molecule has 0 spiro atoms. The van der Waals surface area contributed by atoms with Crippen LogP contribution in [0, 0.1) is 0 Å². The van der Waals surface area contributed by atoms with Crippen LogP contribution in [0.1, 0.15) is 55.9 Å². The predicted molar refractivity (Wildman–Crippen MR) is 174 cm³/mol. The van der Waals surface area contributed by atoms with Crippen LogP contribution in [0.4, 0.5) is 4.79 Å². The van der Waals surface area contributed by atoms with E-state index in [0.29, 0.717) is 25.1 Å². The van der Waals surface area contributed by atoms with Crippen LogP contribution in [-0.4, -0.2) is 141 Å². The van der Waals surface area contributed by atoms with Gasteiger partial charge in [0.2, 0.25) is 17.7 Å². The van der Waals surface area contributed by atoms with E-state index in [1.165, 1.54) is 25.4 Å². The first-order chi connectivity index (χ1) is 23.7. The van der Waals surface area contributed by atoms with Crippen LogP contribution in [0.25, 0.3) is 5.69 Å². The summed E-state index contributed by atoms with van der Waals surface area (Å²) in [5, 5.41) is 29.8. The Bertz CT molecular complexity index is 1470. The fraction of sp³-hybridized carbons (Fsp3) is 0.576. The Balaban J connectivity index is 1.28. The third-order valence-corrected chi connectivity index (χ3v) is 9.02. The molecular weight excluding hydrogens is 638 g/mol. The van der Waals surface area contributed by atoms with E-state index in [1.54, 1.807) is 31.2 Å². The minimum absolute atomic E-state index is 0.0905. The van der Waals surface area contributed by atoms with Gasteiger partial charge in [0.15, 0.2) is 12.3 Å². The maximum Gasteiger partial charge on any atom is 0.409 e. The highest BCUT2D eigenvalue weighted by Gasteiger charge is 2.36. The molecule has 0 radical (unpaired) electrons. The van der Waals surface area contributed by atoms with Gasteiger partial charge in [0.25, 0.3) is 11.8 Å². The first-order valence-electron chi connectivity index (χ1n) is 16.9. The lowest BCUT2D eigenvalue weighted by atomic mass is 9.93. The van der Waals surface area contributed by atoms with E-state index in [0.717, 1.165) is 19.3 Å². The monoisotopic (exact) mass is 683 g/mol. The van der Waals surface area contributed by atoms with Crippen LogP contribution >= 0.6 is 0 Å². The molecule has 1 aliphatic carbocycles. The van der Waals surface area contributed by atoms with E-state index in [9.17, 15) is 34.2 Å². The van der Waals surface area contributed by atoms with Crippen LogP contribution in [0.3, 0.4) is 0 Å². The van der Waals surface area contributed by atoms with Crippen LogP contribution in [0.15, 0.2) is 36.4 Å². The summed E-state index contributed by atoms with van der Waals surface area (Å²) in [6.45, 7) is 2.20. The molecule has 0 bridgehead atoms. The minimum atomic E-state index is -1.29. The number of ether oxygens (including phenoxy) is 2. The van der Waals surface area contributed by atoms with Crippen LogP contribution in [0.5, 0.6) is 5.88 Å². The molecule has 16 nitrogen and oxygen atoms in total. The van der Waals surface area contributed by atoms with Gasteiger partial charge in [-0.2, -0.15) is 5.10 Å². The highest BCUT2D eigenvalue weighted by atomic mass is 16.6. The first kappa shape index (κ1) is 35.6. The number of para-hydroxylation sites is 1. The SMILES string of the molecule is CCOC(=O)N1CCN(C(=O)C(CC(O)CO)NC(=O)c2cc(OCC(=O)N3CCC[C@H]3C(=O)NC3CCC3)n(-c3ccccc3)n2)CC1. The number of aliphatic hydroxyl groups is 2. The van der Waals surface area contributed by atoms with Gasteiger partial charge in [-0.15, -0.1) is 0 Å². The molecule has 2 unspecified atom stereocenters. The predicted octanol–water partition coefficient (Wildman–Crippen LogP) is 0.0532. The fourth-order valence-corrected chi connectivity index (χ4v) is 6.08. The van der Waals surface area contributed by atoms with E-state index in [2.05, 4.69) is 15.7 Å². The van der Waals surface area contributed by atoms with Crippen molar-refractivity contribution in [3.63, 3.8) is 0 Å². The van der Waals surface area contributed by atoms with Gasteiger partial charge >= 0.3 is 6.09 Å². The number of benzene rings is 1. The number of amides is 5. The van der Waals surface area contributed by atoms with E-state index >= 15 is 0 Å². The van der Waals surface area contributed by atoms with Crippen LogP contribution < -0.4 is 15.4 Å². The molecule has 2 saturated heterocycles. The molecule has 3 atom stereocenters. The number of rotatable bonds is 13. The molecule has 1 saturated carbocycles. The Morgan fingerprint density at radius 2 is 1.69 bits per heavy atom. The zero-order valence-corrected chi connectivity index (χ0v) is 27.7. The van der Waals surface area contributed by atoms with Crippen molar-refractivity contribution in [2.24, 2.45) is 0 Å². The van der Waals surface area contributed by atoms with Gasteiger partial charge in [-0.25, -0.2) is 9.48 Å². The second-order valence-electron chi connectivity index (χ2n) is 12.4. The smallest absolute Gasteiger partial charge is 0.409 e. The molecule has 3 heterocycles. The zero-order chi connectivity index (χ0) is 34.9. The maximum atomic E-state index is 13.6. The Morgan fingerprint density at radius 1 is 0.980 bits per heavy atom. The van der Waals surface area contributed by atoms with E-state index in [-0.39, 0.29) is 68.6 Å². The number of carbonyl (C=O) groups excluding carboxylic acids is 5. The summed E-state index contributed by atoms with van der Waals surface area (Å²) in [6.07, 6.45) is 2.22. The number of aromatic nitrogens is 2. The molecule has 16 heteroatoms. The van der Waals surface area contributed by atoms with Crippen molar-refractivity contribution in [2.45, 2.75) is 69.7 Å². The summed E-state index contributed by atoms with van der Waals surface area (Å²) < 4.78 is 12.3. The van der Waals surface area contributed by atoms with Crippen molar-refractivity contribution in [2.75, 3.05) is 52.5 Å². The van der Waals surface area contributed by atoms with Gasteiger partial charge in [0.05, 0.1) is 25.0 Å². The molecular formula is C33H45N7O9. The lowest BCUT2D eigenvalue weighted by Gasteiger charge is -2.36. The molecule has 49 heavy (non-hydrogen) atoms. The Hall–Kier alpha value is -4.70. The van der Waals surface area contributed by atoms with Gasteiger partial charge in [0.1, 0.15) is 12.1 Å². The van der Waals surface area contributed by atoms with E-state index < -0.39 is 49.3 Å². The van der Waals surface area contributed by atoms with Crippen molar-refractivity contribution < 1.29 is 43.7 Å². The molecule has 2 aromatic rings. The Kier molecular flexibility index (Phi) is 12.1. The number of aliphatic hydroxyl groups excluding tert-OH is 2. The minimum Gasteiger partial charge on any atom is -0.467 e. The van der Waals surface area contributed by atoms with Gasteiger partial charge in [-0.05, 0) is 51.2 Å². The highest BCUT2D eigenvalue weighted by molar-refractivity contribution is 5.96. The lowest BCUT2D eigenvalue weighted by Crippen LogP contribution is -2.56. The van der Waals surface area contributed by atoms with Crippen molar-refractivity contribution in [1.82, 2.24) is 35.1 Å². The third kappa shape index (κ3) is 8.86. The Morgan fingerprint density at radius 3 is 2.35 bits per heavy atom. The summed E-state index contributed by atoms with van der Waals surface area (Å²) >= 11 is 0. The largest absolute Gasteiger partial charge is 0.467 e. The second kappa shape index (κ2) is 16.6. The molecule has 3 fully saturated rings. The number of hydrogen-bond donors (Lipinski definition) is 4. The topological polar surface area (TPSA) is 196 Å². The summed E-state index contributed by atoms with van der Waals surface area (Å²) in [5.41, 5.74) is 0.430. The summed E-state index contributed by atoms with van der Waals surface area (Å²) in [6, 6.07) is 8.57. The molecule has 2 aliphatic heterocycles. The van der Waals surface area contributed by atoms with Gasteiger partial charge in [-0.1, -0.05) is 18.2 Å². The number of nitrogens with one attached hydrogen (secondary N) is 2. The average Bonchev–Trinajstić information content (AvgIpc) is 3.77. The summed E-state index contributed by atoms with van der Waals surface area (Å²) in [5.74, 6) is -1.67. The Labute approximate surface area is 284 Å². The number of piperazine rings is 1. The van der Waals surface area contributed by atoms with Crippen LogP contribution in [-0.2, 0) is 19.1 Å². The number of nitrogens with zero attached hydrogens (tertiary/aromatic N) is 5. The van der Waals surface area contributed by atoms with Crippen molar-refractivity contribution in [3.8, 4) is 11.6 Å². The standard InChI is InChI=1S/C33H45N7O9/c1-2-48-33(47)38-16-14-37(15-17-38)32(46)26(18-24(42)20-41)35-30(44)25-19-29(40(36-25)23-10-4-3-5-11-23)49-21-28(43)39-13-7-12-27(39)31(45)34-22-8-6-9-22/h3-5,10-11,19,22,24,26-27,41-42H,2,6-9,12-18,20-21H2,1H3,(H,34,45)(H,35,44)/t24?,26?,27-/m0/s1. The molecule has 1 aromatic carbocycles. The molecule has 4 N–H and O–H groups in total. The van der Waals surface area contributed by atoms with Gasteiger partial charge in [-0.3, -0.25) is 19.2 Å². The summed E-state index contributed by atoms with van der Waals surface area (Å²) in [7, 11) is 0. The average molecular weight is 684 g/mol. The second-order valence-corrected chi connectivity index (χ2v) is 12.4. The molecule has 3 aliphatic rings. The number of carbonyl (C=O) groups is 5. The van der Waals surface area contributed by atoms with E-state index in [1.807, 2.05) is 6.07 Å². The third-order valence-electron chi connectivity index (χ3n) is 9.02. The normalized spacial score (nSPS) is 19.1. The van der Waals surface area contributed by atoms with Crippen molar-refractivity contribution in [1.29, 1.82) is 0 Å². The fourth-order valence-electron chi connectivity index (χ4n) is 6.08. The van der Waals surface area contributed by atoms with Crippen molar-refractivity contribution in [3.05, 3.63) is 42.1 Å². The lowest BCUT2D eigenvalue weighted by molar-refractivity contribution is -0.140. The molecule has 266 valence electrons. The highest BCUT2D eigenvalue weighted by Crippen LogP contribution is 2.24. The number of likely N-dealkylation sites (tertiary alicyclic amines) is 1. The quantitative estimate of drug-likeness (QED) is 0.224. The number of hydrogen-bond acceptors (Lipinski definition) is 10. The van der Waals surface area contributed by atoms with Crippen LogP contribution in [0.2, 0.25) is 0 Å². The molecule has 5 rings (SSSR count). The first-order valence-corrected chi connectivity index (χ1v) is 16.9. The van der Waals surface area contributed by atoms with E-state index in [4.69, 9.17) is 9.47 Å². The molecule has 5 amide bonds. The zero-order valence-electron chi connectivity index (χ0n) is 27.7. The molecule has 1 aromatic heterocycles. The summed E-state index contributed by atoms with van der Waals surface area (Å²) in [4.78, 5) is 69.8. The van der Waals surface area contributed by atoms with Gasteiger partial charge < -0.3 is 45.0 Å². The van der Waals surface area contributed by atoms with Crippen molar-refractivity contribution >= 4 is 29.7 Å².